The topological polar surface area (TPSA) is 32.3 Å². The van der Waals surface area contributed by atoms with Gasteiger partial charge in [-0.1, -0.05) is 63.7 Å². The van der Waals surface area contributed by atoms with Crippen LogP contribution in [0.3, 0.4) is 0 Å². The van der Waals surface area contributed by atoms with Crippen LogP contribution in [0.2, 0.25) is 0 Å². The quantitative estimate of drug-likeness (QED) is 0.161. The highest BCUT2D eigenvalue weighted by atomic mass is 32.1. The minimum atomic E-state index is 0.249. The van der Waals surface area contributed by atoms with Crippen molar-refractivity contribution in [3.63, 3.8) is 0 Å². The van der Waals surface area contributed by atoms with E-state index in [4.69, 9.17) is 5.11 Å². The van der Waals surface area contributed by atoms with E-state index >= 15 is 0 Å². The Morgan fingerprint density at radius 3 is 1.81 bits per heavy atom. The van der Waals surface area contributed by atoms with Gasteiger partial charge in [-0.2, -0.15) is 12.6 Å². The van der Waals surface area contributed by atoms with E-state index in [1.165, 1.54) is 94.7 Å². The Kier molecular flexibility index (Phi) is 14.2. The summed E-state index contributed by atoms with van der Waals surface area (Å²) in [5.74, 6) is 0. The average Bonchev–Trinajstić information content (AvgIpc) is 2.62. The van der Waals surface area contributed by atoms with Gasteiger partial charge in [0.05, 0.1) is 0 Å². The highest BCUT2D eigenvalue weighted by Crippen LogP contribution is 2.23. The first-order valence-corrected chi connectivity index (χ1v) is 11.5. The molecule has 1 aliphatic carbocycles. The molecule has 0 spiro atoms. The highest BCUT2D eigenvalue weighted by Gasteiger charge is 2.18. The monoisotopic (exact) mass is 381 g/mol. The number of rotatable bonds is 16. The van der Waals surface area contributed by atoms with Gasteiger partial charge in [0.25, 0.3) is 0 Å². The molecule has 152 valence electrons. The van der Waals surface area contributed by atoms with Crippen molar-refractivity contribution >= 4 is 12.6 Å². The molecule has 26 heavy (non-hydrogen) atoms. The predicted octanol–water partition coefficient (Wildman–Crippen LogP) is 6.56. The molecule has 3 heteroatoms. The minimum Gasteiger partial charge on any atom is -0.396 e. The van der Waals surface area contributed by atoms with Crippen LogP contribution in [0.15, 0.2) is 24.4 Å². The molecule has 0 aromatic carbocycles. The lowest BCUT2D eigenvalue weighted by molar-refractivity contribution is 0.297. The van der Waals surface area contributed by atoms with E-state index in [0.717, 1.165) is 19.3 Å². The summed E-state index contributed by atoms with van der Waals surface area (Å²) in [6.45, 7) is 8.46. The SMILES string of the molecule is C=C(CCO)CCCCCCCCCCCC(=C)NC1CCC(S)CC1. The number of thiol groups is 1. The molecule has 2 nitrogen and oxygen atoms in total. The van der Waals surface area contributed by atoms with E-state index in [1.54, 1.807) is 0 Å². The van der Waals surface area contributed by atoms with Crippen LogP contribution in [-0.2, 0) is 0 Å². The number of allylic oxidation sites excluding steroid dienone is 1. The first-order valence-electron chi connectivity index (χ1n) is 11.0. The molecule has 0 bridgehead atoms. The molecule has 1 saturated carbocycles. The van der Waals surface area contributed by atoms with Gasteiger partial charge >= 0.3 is 0 Å². The molecule has 0 heterocycles. The highest BCUT2D eigenvalue weighted by molar-refractivity contribution is 7.80. The van der Waals surface area contributed by atoms with E-state index in [2.05, 4.69) is 31.1 Å². The second-order valence-electron chi connectivity index (χ2n) is 8.16. The summed E-state index contributed by atoms with van der Waals surface area (Å²) in [4.78, 5) is 0. The number of hydrogen-bond acceptors (Lipinski definition) is 3. The Morgan fingerprint density at radius 2 is 1.27 bits per heavy atom. The summed E-state index contributed by atoms with van der Waals surface area (Å²) in [6, 6.07) is 0.645. The molecule has 0 aromatic heterocycles. The predicted molar refractivity (Wildman–Crippen MR) is 119 cm³/mol. The zero-order valence-electron chi connectivity index (χ0n) is 17.0. The average molecular weight is 382 g/mol. The second-order valence-corrected chi connectivity index (χ2v) is 8.89. The Hall–Kier alpha value is -0.410. The fourth-order valence-corrected chi connectivity index (χ4v) is 4.11. The van der Waals surface area contributed by atoms with Gasteiger partial charge in [0, 0.05) is 23.6 Å². The first-order chi connectivity index (χ1) is 12.6. The molecule has 0 atom stereocenters. The number of nitrogens with one attached hydrogen (secondary N) is 1. The molecule has 1 rings (SSSR count). The van der Waals surface area contributed by atoms with Crippen LogP contribution < -0.4 is 5.32 Å². The zero-order chi connectivity index (χ0) is 19.0. The summed E-state index contributed by atoms with van der Waals surface area (Å²) in [7, 11) is 0. The molecule has 0 unspecified atom stereocenters. The van der Waals surface area contributed by atoms with E-state index < -0.39 is 0 Å². The van der Waals surface area contributed by atoms with E-state index in [0.29, 0.717) is 11.3 Å². The van der Waals surface area contributed by atoms with Crippen LogP contribution in [0.25, 0.3) is 0 Å². The maximum absolute atomic E-state index is 8.84. The minimum absolute atomic E-state index is 0.249. The standard InChI is InChI=1S/C23H43NOS/c1-20(18-19-25)12-10-8-6-4-3-5-7-9-11-13-21(2)24-22-14-16-23(26)17-15-22/h22-26H,1-19H2. The first kappa shape index (κ1) is 23.6. The van der Waals surface area contributed by atoms with Crippen LogP contribution in [0.1, 0.15) is 103 Å². The smallest absolute Gasteiger partial charge is 0.0468 e. The lowest BCUT2D eigenvalue weighted by Gasteiger charge is -2.28. The van der Waals surface area contributed by atoms with Crippen molar-refractivity contribution in [2.45, 2.75) is 114 Å². The van der Waals surface area contributed by atoms with Crippen LogP contribution in [0.4, 0.5) is 0 Å². The normalized spacial score (nSPS) is 20.1. The van der Waals surface area contributed by atoms with Gasteiger partial charge in [0.1, 0.15) is 0 Å². The van der Waals surface area contributed by atoms with Crippen LogP contribution in [-0.4, -0.2) is 23.0 Å². The van der Waals surface area contributed by atoms with Crippen molar-refractivity contribution in [1.29, 1.82) is 0 Å². The Bertz CT molecular complexity index is 374. The maximum atomic E-state index is 8.84. The lowest BCUT2D eigenvalue weighted by atomic mass is 9.94. The second kappa shape index (κ2) is 15.6. The van der Waals surface area contributed by atoms with Crippen molar-refractivity contribution in [3.8, 4) is 0 Å². The molecule has 2 N–H and O–H groups in total. The van der Waals surface area contributed by atoms with Crippen molar-refractivity contribution in [3.05, 3.63) is 24.4 Å². The molecule has 0 amide bonds. The molecular formula is C23H43NOS. The number of aliphatic hydroxyl groups is 1. The van der Waals surface area contributed by atoms with Crippen molar-refractivity contribution in [2.75, 3.05) is 6.61 Å². The fourth-order valence-electron chi connectivity index (χ4n) is 3.81. The van der Waals surface area contributed by atoms with Gasteiger partial charge in [0.15, 0.2) is 0 Å². The van der Waals surface area contributed by atoms with Gasteiger partial charge in [-0.25, -0.2) is 0 Å². The molecule has 0 radical (unpaired) electrons. The molecule has 0 aromatic rings. The molecule has 0 aliphatic heterocycles. The Morgan fingerprint density at radius 1 is 0.769 bits per heavy atom. The Balaban J connectivity index is 1.81. The molecule has 0 saturated heterocycles. The number of hydrogen-bond donors (Lipinski definition) is 3. The lowest BCUT2D eigenvalue weighted by Crippen LogP contribution is -2.32. The molecule has 1 aliphatic rings. The van der Waals surface area contributed by atoms with Gasteiger partial charge in [-0.05, 0) is 57.8 Å². The van der Waals surface area contributed by atoms with Crippen LogP contribution in [0, 0.1) is 0 Å². The summed E-state index contributed by atoms with van der Waals surface area (Å²) in [5, 5.41) is 13.1. The molecular weight excluding hydrogens is 338 g/mol. The van der Waals surface area contributed by atoms with E-state index in [9.17, 15) is 0 Å². The maximum Gasteiger partial charge on any atom is 0.0468 e. The van der Waals surface area contributed by atoms with Crippen LogP contribution >= 0.6 is 12.6 Å². The third-order valence-electron chi connectivity index (χ3n) is 5.58. The number of unbranched alkanes of at least 4 members (excludes halogenated alkanes) is 8. The third kappa shape index (κ3) is 12.9. The van der Waals surface area contributed by atoms with Gasteiger partial charge in [0.2, 0.25) is 0 Å². The summed E-state index contributed by atoms with van der Waals surface area (Å²) in [6.07, 6.45) is 20.0. The van der Waals surface area contributed by atoms with Gasteiger partial charge in [-0.15, -0.1) is 0 Å². The summed E-state index contributed by atoms with van der Waals surface area (Å²) < 4.78 is 0. The number of aliphatic hydroxyl groups excluding tert-OH is 1. The Labute approximate surface area is 168 Å². The van der Waals surface area contributed by atoms with E-state index in [1.807, 2.05) is 0 Å². The van der Waals surface area contributed by atoms with Crippen molar-refractivity contribution in [2.24, 2.45) is 0 Å². The van der Waals surface area contributed by atoms with Crippen LogP contribution in [0.5, 0.6) is 0 Å². The summed E-state index contributed by atoms with van der Waals surface area (Å²) >= 11 is 4.57. The third-order valence-corrected chi connectivity index (χ3v) is 6.10. The fraction of sp³-hybridized carbons (Fsp3) is 0.826. The molecule has 1 fully saturated rings. The summed E-state index contributed by atoms with van der Waals surface area (Å²) in [5.41, 5.74) is 2.45. The van der Waals surface area contributed by atoms with Crippen molar-refractivity contribution < 1.29 is 5.11 Å². The largest absolute Gasteiger partial charge is 0.396 e. The van der Waals surface area contributed by atoms with Crippen molar-refractivity contribution in [1.82, 2.24) is 5.32 Å². The van der Waals surface area contributed by atoms with E-state index in [-0.39, 0.29) is 6.61 Å². The zero-order valence-corrected chi connectivity index (χ0v) is 17.9. The van der Waals surface area contributed by atoms with Gasteiger partial charge in [-0.3, -0.25) is 0 Å². The van der Waals surface area contributed by atoms with Gasteiger partial charge < -0.3 is 10.4 Å².